The smallest absolute Gasteiger partial charge is 0.508 e. The van der Waals surface area contributed by atoms with E-state index in [1.807, 2.05) is 13.8 Å². The van der Waals surface area contributed by atoms with E-state index in [2.05, 4.69) is 31.8 Å². The van der Waals surface area contributed by atoms with Crippen LogP contribution in [0.2, 0.25) is 0 Å². The Morgan fingerprint density at radius 2 is 2.00 bits per heavy atom. The van der Waals surface area contributed by atoms with Crippen LogP contribution in [0.25, 0.3) is 0 Å². The van der Waals surface area contributed by atoms with Crippen LogP contribution in [0.4, 0.5) is 0 Å². The first-order chi connectivity index (χ1) is 4.48. The average molecular weight is 200 g/mol. The van der Waals surface area contributed by atoms with Crippen LogP contribution in [0.5, 0.6) is 0 Å². The zero-order valence-electron chi connectivity index (χ0n) is 7.64. The molecule has 0 N–H and O–H groups in total. The van der Waals surface area contributed by atoms with Crippen LogP contribution in [0, 0.1) is 0 Å². The molecule has 11 heavy (non-hydrogen) atoms. The molecular weight excluding hydrogens is 187 g/mol. The van der Waals surface area contributed by atoms with Crippen LogP contribution in [0.3, 0.4) is 0 Å². The molecule has 0 saturated carbocycles. The van der Waals surface area contributed by atoms with Gasteiger partial charge in [0.05, 0.1) is 0 Å². The van der Waals surface area contributed by atoms with Crippen molar-refractivity contribution < 1.29 is 34.3 Å². The molecule has 0 rings (SSSR count). The number of hydrogen-bond donors (Lipinski definition) is 0. The molecule has 0 unspecified atom stereocenters. The van der Waals surface area contributed by atoms with Crippen LogP contribution in [-0.2, 0) is 17.4 Å². The second-order valence-corrected chi connectivity index (χ2v) is 3.86. The first kappa shape index (κ1) is 14.6. The standard InChI is InChI=1S/C7H14OS2.Na/c1-4-5-7(2,3)8-6(9)10;/h4-5H2,1-3H3,(H,9,10);/q;+1/p-1. The molecule has 0 saturated heterocycles. The predicted molar refractivity (Wildman–Crippen MR) is 50.0 cm³/mol. The van der Waals surface area contributed by atoms with Crippen molar-refractivity contribution in [3.8, 4) is 0 Å². The zero-order chi connectivity index (χ0) is 8.20. The van der Waals surface area contributed by atoms with E-state index in [1.54, 1.807) is 0 Å². The fourth-order valence-corrected chi connectivity index (χ4v) is 1.33. The minimum Gasteiger partial charge on any atom is -0.508 e. The van der Waals surface area contributed by atoms with Crippen molar-refractivity contribution in [3.63, 3.8) is 0 Å². The molecule has 60 valence electrons. The second-order valence-electron chi connectivity index (χ2n) is 2.86. The third-order valence-corrected chi connectivity index (χ3v) is 1.38. The van der Waals surface area contributed by atoms with Gasteiger partial charge in [0.15, 0.2) is 0 Å². The molecule has 0 aromatic rings. The van der Waals surface area contributed by atoms with Crippen molar-refractivity contribution in [3.05, 3.63) is 0 Å². The molecule has 4 heteroatoms. The summed E-state index contributed by atoms with van der Waals surface area (Å²) in [5, 5.41) is 0. The van der Waals surface area contributed by atoms with Gasteiger partial charge in [0.2, 0.25) is 0 Å². The van der Waals surface area contributed by atoms with Gasteiger partial charge in [0.25, 0.3) is 0 Å². The van der Waals surface area contributed by atoms with Gasteiger partial charge in [0, 0.05) is 4.38 Å². The van der Waals surface area contributed by atoms with Crippen LogP contribution in [-0.4, -0.2) is 9.98 Å². The van der Waals surface area contributed by atoms with Gasteiger partial charge < -0.3 is 29.6 Å². The van der Waals surface area contributed by atoms with Gasteiger partial charge in [-0.1, -0.05) is 13.3 Å². The van der Waals surface area contributed by atoms with Crippen LogP contribution in [0.15, 0.2) is 0 Å². The maximum Gasteiger partial charge on any atom is 1.00 e. The second kappa shape index (κ2) is 6.61. The molecule has 0 amide bonds. The van der Waals surface area contributed by atoms with Crippen molar-refractivity contribution in [2.45, 2.75) is 39.2 Å². The quantitative estimate of drug-likeness (QED) is 0.343. The third-order valence-electron chi connectivity index (χ3n) is 1.21. The normalized spacial score (nSPS) is 10.1. The Morgan fingerprint density at radius 1 is 1.55 bits per heavy atom. The fraction of sp³-hybridized carbons (Fsp3) is 0.857. The topological polar surface area (TPSA) is 9.23 Å². The maximum atomic E-state index is 5.22. The molecule has 0 fully saturated rings. The summed E-state index contributed by atoms with van der Waals surface area (Å²) in [5.41, 5.74) is -0.173. The molecule has 0 heterocycles. The molecule has 0 aromatic carbocycles. The van der Waals surface area contributed by atoms with E-state index in [0.29, 0.717) is 0 Å². The summed E-state index contributed by atoms with van der Waals surface area (Å²) in [6.07, 6.45) is 2.08. The van der Waals surface area contributed by atoms with Crippen LogP contribution >= 0.6 is 12.2 Å². The Balaban J connectivity index is 0. The van der Waals surface area contributed by atoms with Crippen molar-refractivity contribution in [1.29, 1.82) is 0 Å². The molecule has 0 aliphatic heterocycles. The minimum absolute atomic E-state index is 0. The van der Waals surface area contributed by atoms with Crippen LogP contribution < -0.4 is 29.6 Å². The Kier molecular flexibility index (Phi) is 8.78. The first-order valence-electron chi connectivity index (χ1n) is 3.38. The summed E-state index contributed by atoms with van der Waals surface area (Å²) in [6, 6.07) is 0. The zero-order valence-corrected chi connectivity index (χ0v) is 11.3. The van der Waals surface area contributed by atoms with E-state index >= 15 is 0 Å². The van der Waals surface area contributed by atoms with Crippen LogP contribution in [0.1, 0.15) is 33.6 Å². The summed E-state index contributed by atoms with van der Waals surface area (Å²) >= 11 is 9.30. The molecule has 0 bridgehead atoms. The summed E-state index contributed by atoms with van der Waals surface area (Å²) in [4.78, 5) is 0. The largest absolute Gasteiger partial charge is 1.00 e. The number of rotatable bonds is 3. The number of ether oxygens (including phenoxy) is 1. The van der Waals surface area contributed by atoms with E-state index in [9.17, 15) is 0 Å². The summed E-state index contributed by atoms with van der Waals surface area (Å²) in [5.74, 6) is 0. The summed E-state index contributed by atoms with van der Waals surface area (Å²) in [7, 11) is 0. The first-order valence-corrected chi connectivity index (χ1v) is 4.19. The minimum atomic E-state index is -0.173. The van der Waals surface area contributed by atoms with Gasteiger partial charge in [0.1, 0.15) is 5.60 Å². The van der Waals surface area contributed by atoms with Gasteiger partial charge in [-0.3, -0.25) is 0 Å². The van der Waals surface area contributed by atoms with E-state index in [-0.39, 0.29) is 39.5 Å². The van der Waals surface area contributed by atoms with Crippen molar-refractivity contribution >= 4 is 29.2 Å². The number of thiocarbonyl (C=S) groups is 1. The Hall–Kier alpha value is 1.11. The fourth-order valence-electron chi connectivity index (χ4n) is 0.879. The molecule has 0 aliphatic carbocycles. The maximum absolute atomic E-state index is 5.22. The van der Waals surface area contributed by atoms with E-state index in [1.165, 1.54) is 0 Å². The van der Waals surface area contributed by atoms with Gasteiger partial charge in [-0.25, -0.2) is 0 Å². The monoisotopic (exact) mass is 200 g/mol. The molecule has 0 radical (unpaired) electrons. The van der Waals surface area contributed by atoms with E-state index in [0.717, 1.165) is 12.8 Å². The summed E-state index contributed by atoms with van der Waals surface area (Å²) in [6.45, 7) is 6.10. The Labute approximate surface area is 102 Å². The summed E-state index contributed by atoms with van der Waals surface area (Å²) < 4.78 is 5.45. The van der Waals surface area contributed by atoms with E-state index < -0.39 is 0 Å². The van der Waals surface area contributed by atoms with Crippen molar-refractivity contribution in [2.75, 3.05) is 0 Å². The predicted octanol–water partition coefficient (Wildman–Crippen LogP) is -0.582. The third kappa shape index (κ3) is 9.02. The Morgan fingerprint density at radius 3 is 2.27 bits per heavy atom. The van der Waals surface area contributed by atoms with Gasteiger partial charge in [-0.2, -0.15) is 0 Å². The van der Waals surface area contributed by atoms with Gasteiger partial charge in [-0.05, 0) is 20.3 Å². The van der Waals surface area contributed by atoms with Crippen molar-refractivity contribution in [1.82, 2.24) is 0 Å². The molecular formula is C7H13NaOS2. The van der Waals surface area contributed by atoms with E-state index in [4.69, 9.17) is 4.74 Å². The van der Waals surface area contributed by atoms with Gasteiger partial charge >= 0.3 is 29.6 Å². The Bertz CT molecular complexity index is 126. The SMILES string of the molecule is CCCC(C)(C)OC(=S)[S-].[Na+]. The molecule has 0 atom stereocenters. The molecule has 0 aromatic heterocycles. The average Bonchev–Trinajstić information content (AvgIpc) is 1.59. The van der Waals surface area contributed by atoms with Gasteiger partial charge in [-0.15, -0.1) is 0 Å². The molecule has 1 nitrogen and oxygen atoms in total. The number of hydrogen-bond acceptors (Lipinski definition) is 3. The van der Waals surface area contributed by atoms with Crippen molar-refractivity contribution in [2.24, 2.45) is 0 Å². The molecule has 0 spiro atoms. The molecule has 0 aliphatic rings.